The highest BCUT2D eigenvalue weighted by Crippen LogP contribution is 2.18. The first-order valence-electron chi connectivity index (χ1n) is 5.76. The van der Waals surface area contributed by atoms with Gasteiger partial charge in [0.05, 0.1) is 10.7 Å². The molecule has 1 fully saturated rings. The van der Waals surface area contributed by atoms with Crippen LogP contribution in [0, 0.1) is 0 Å². The Hall–Kier alpha value is -0.350. The first kappa shape index (κ1) is 11.1. The molecule has 0 saturated heterocycles. The van der Waals surface area contributed by atoms with Crippen LogP contribution in [0.3, 0.4) is 0 Å². The smallest absolute Gasteiger partial charge is 0.0632 e. The van der Waals surface area contributed by atoms with Crippen LogP contribution in [0.15, 0.2) is 16.9 Å². The van der Waals surface area contributed by atoms with E-state index in [-0.39, 0.29) is 0 Å². The van der Waals surface area contributed by atoms with E-state index in [2.05, 4.69) is 26.3 Å². The second-order valence-electron chi connectivity index (χ2n) is 4.21. The van der Waals surface area contributed by atoms with Gasteiger partial charge in [-0.1, -0.05) is 6.42 Å². The maximum absolute atomic E-state index is 4.23. The summed E-state index contributed by atoms with van der Waals surface area (Å²) in [6.07, 6.45) is 10.5. The van der Waals surface area contributed by atoms with Gasteiger partial charge in [-0.25, -0.2) is 0 Å². The normalized spacial score (nSPS) is 15.8. The SMILES string of the molecule is Brc1cnn(CCCCCNC2CC2)c1. The van der Waals surface area contributed by atoms with Gasteiger partial charge in [0.1, 0.15) is 0 Å². The number of hydrogen-bond acceptors (Lipinski definition) is 2. The zero-order valence-corrected chi connectivity index (χ0v) is 10.5. The number of aryl methyl sites for hydroxylation is 1. The van der Waals surface area contributed by atoms with Crippen molar-refractivity contribution in [1.82, 2.24) is 15.1 Å². The minimum Gasteiger partial charge on any atom is -0.314 e. The summed E-state index contributed by atoms with van der Waals surface area (Å²) in [5.74, 6) is 0. The molecule has 1 N–H and O–H groups in total. The molecule has 1 heterocycles. The fraction of sp³-hybridized carbons (Fsp3) is 0.727. The molecule has 1 aliphatic rings. The first-order chi connectivity index (χ1) is 7.34. The largest absolute Gasteiger partial charge is 0.314 e. The molecular formula is C11H18BrN3. The maximum Gasteiger partial charge on any atom is 0.0632 e. The summed E-state index contributed by atoms with van der Waals surface area (Å²) in [6.45, 7) is 2.22. The van der Waals surface area contributed by atoms with Gasteiger partial charge in [0.25, 0.3) is 0 Å². The Morgan fingerprint density at radius 1 is 1.40 bits per heavy atom. The lowest BCUT2D eigenvalue weighted by Crippen LogP contribution is -2.17. The van der Waals surface area contributed by atoms with E-state index in [1.807, 2.05) is 17.1 Å². The highest BCUT2D eigenvalue weighted by atomic mass is 79.9. The quantitative estimate of drug-likeness (QED) is 0.773. The minimum absolute atomic E-state index is 0.854. The van der Waals surface area contributed by atoms with Gasteiger partial charge in [-0.15, -0.1) is 0 Å². The summed E-state index contributed by atoms with van der Waals surface area (Å²) in [5, 5.41) is 7.76. The van der Waals surface area contributed by atoms with Crippen molar-refractivity contribution in [1.29, 1.82) is 0 Å². The van der Waals surface area contributed by atoms with Gasteiger partial charge in [0.15, 0.2) is 0 Å². The van der Waals surface area contributed by atoms with Gasteiger partial charge in [0, 0.05) is 18.8 Å². The number of nitrogens with one attached hydrogen (secondary N) is 1. The van der Waals surface area contributed by atoms with Crippen molar-refractivity contribution in [3.05, 3.63) is 16.9 Å². The fourth-order valence-electron chi connectivity index (χ4n) is 1.63. The molecule has 84 valence electrons. The maximum atomic E-state index is 4.23. The summed E-state index contributed by atoms with van der Waals surface area (Å²) in [7, 11) is 0. The number of unbranched alkanes of at least 4 members (excludes halogenated alkanes) is 2. The van der Waals surface area contributed by atoms with E-state index in [9.17, 15) is 0 Å². The van der Waals surface area contributed by atoms with Crippen LogP contribution in [0.2, 0.25) is 0 Å². The molecule has 0 spiro atoms. The van der Waals surface area contributed by atoms with E-state index in [4.69, 9.17) is 0 Å². The van der Waals surface area contributed by atoms with E-state index in [0.29, 0.717) is 0 Å². The first-order valence-corrected chi connectivity index (χ1v) is 6.55. The molecule has 0 bridgehead atoms. The van der Waals surface area contributed by atoms with E-state index < -0.39 is 0 Å². The molecule has 1 aromatic rings. The summed E-state index contributed by atoms with van der Waals surface area (Å²) >= 11 is 3.40. The lowest BCUT2D eigenvalue weighted by molar-refractivity contribution is 0.528. The van der Waals surface area contributed by atoms with Gasteiger partial charge in [-0.2, -0.15) is 5.10 Å². The molecule has 1 aromatic heterocycles. The van der Waals surface area contributed by atoms with E-state index in [1.165, 1.54) is 38.6 Å². The van der Waals surface area contributed by atoms with Gasteiger partial charge >= 0.3 is 0 Å². The molecule has 0 amide bonds. The van der Waals surface area contributed by atoms with Gasteiger partial charge in [0.2, 0.25) is 0 Å². The highest BCUT2D eigenvalue weighted by Gasteiger charge is 2.19. The van der Waals surface area contributed by atoms with Crippen molar-refractivity contribution in [2.24, 2.45) is 0 Å². The number of halogens is 1. The molecule has 0 aliphatic heterocycles. The van der Waals surface area contributed by atoms with Crippen LogP contribution in [0.25, 0.3) is 0 Å². The molecule has 3 nitrogen and oxygen atoms in total. The zero-order chi connectivity index (χ0) is 10.5. The third-order valence-corrected chi connectivity index (χ3v) is 3.09. The Morgan fingerprint density at radius 3 is 2.93 bits per heavy atom. The van der Waals surface area contributed by atoms with E-state index >= 15 is 0 Å². The Morgan fingerprint density at radius 2 is 2.27 bits per heavy atom. The average molecular weight is 272 g/mol. The standard InChI is InChI=1S/C11H18BrN3/c12-10-8-14-15(9-10)7-3-1-2-6-13-11-4-5-11/h8-9,11,13H,1-7H2. The molecule has 1 aliphatic carbocycles. The Labute approximate surface area is 99.4 Å². The second-order valence-corrected chi connectivity index (χ2v) is 5.13. The van der Waals surface area contributed by atoms with Crippen molar-refractivity contribution in [3.8, 4) is 0 Å². The molecule has 1 saturated carbocycles. The Balaban J connectivity index is 1.47. The minimum atomic E-state index is 0.854. The summed E-state index contributed by atoms with van der Waals surface area (Å²) in [4.78, 5) is 0. The van der Waals surface area contributed by atoms with Crippen molar-refractivity contribution in [2.45, 2.75) is 44.7 Å². The molecule has 2 rings (SSSR count). The molecule has 0 unspecified atom stereocenters. The molecule has 0 atom stereocenters. The number of rotatable bonds is 7. The van der Waals surface area contributed by atoms with Crippen LogP contribution in [-0.2, 0) is 6.54 Å². The van der Waals surface area contributed by atoms with Crippen molar-refractivity contribution >= 4 is 15.9 Å². The molecule has 0 radical (unpaired) electrons. The lowest BCUT2D eigenvalue weighted by atomic mass is 10.2. The third-order valence-electron chi connectivity index (χ3n) is 2.68. The van der Waals surface area contributed by atoms with Crippen LogP contribution in [0.4, 0.5) is 0 Å². The predicted octanol–water partition coefficient (Wildman–Crippen LogP) is 2.57. The summed E-state index contributed by atoms with van der Waals surface area (Å²) < 4.78 is 3.07. The fourth-order valence-corrected chi connectivity index (χ4v) is 1.96. The number of aromatic nitrogens is 2. The van der Waals surface area contributed by atoms with Crippen molar-refractivity contribution < 1.29 is 0 Å². The highest BCUT2D eigenvalue weighted by molar-refractivity contribution is 9.10. The van der Waals surface area contributed by atoms with Crippen LogP contribution in [0.5, 0.6) is 0 Å². The van der Waals surface area contributed by atoms with Crippen LogP contribution in [-0.4, -0.2) is 22.4 Å². The van der Waals surface area contributed by atoms with Gasteiger partial charge in [-0.05, 0) is 48.2 Å². The van der Waals surface area contributed by atoms with Crippen LogP contribution >= 0.6 is 15.9 Å². The third kappa shape index (κ3) is 4.34. The topological polar surface area (TPSA) is 29.9 Å². The van der Waals surface area contributed by atoms with Gasteiger partial charge in [-0.3, -0.25) is 4.68 Å². The Bertz CT molecular complexity index is 294. The average Bonchev–Trinajstić information content (AvgIpc) is 2.95. The van der Waals surface area contributed by atoms with Crippen molar-refractivity contribution in [3.63, 3.8) is 0 Å². The van der Waals surface area contributed by atoms with E-state index in [0.717, 1.165) is 17.1 Å². The van der Waals surface area contributed by atoms with Gasteiger partial charge < -0.3 is 5.32 Å². The molecule has 4 heteroatoms. The molecule has 0 aromatic carbocycles. The van der Waals surface area contributed by atoms with Crippen LogP contribution < -0.4 is 5.32 Å². The predicted molar refractivity (Wildman–Crippen MR) is 64.8 cm³/mol. The van der Waals surface area contributed by atoms with E-state index in [1.54, 1.807) is 0 Å². The molecule has 15 heavy (non-hydrogen) atoms. The second kappa shape index (κ2) is 5.66. The Kier molecular flexibility index (Phi) is 4.20. The van der Waals surface area contributed by atoms with Crippen molar-refractivity contribution in [2.75, 3.05) is 6.54 Å². The number of hydrogen-bond donors (Lipinski definition) is 1. The lowest BCUT2D eigenvalue weighted by Gasteiger charge is -2.03. The zero-order valence-electron chi connectivity index (χ0n) is 8.95. The number of nitrogens with zero attached hydrogens (tertiary/aromatic N) is 2. The monoisotopic (exact) mass is 271 g/mol. The van der Waals surface area contributed by atoms with Crippen LogP contribution in [0.1, 0.15) is 32.1 Å². The summed E-state index contributed by atoms with van der Waals surface area (Å²) in [6, 6.07) is 0.854. The summed E-state index contributed by atoms with van der Waals surface area (Å²) in [5.41, 5.74) is 0. The molecular weight excluding hydrogens is 254 g/mol.